The third-order valence-corrected chi connectivity index (χ3v) is 6.74. The molecular formula is C27H37F2N5O5. The molecule has 1 unspecified atom stereocenters. The van der Waals surface area contributed by atoms with Gasteiger partial charge in [0.25, 0.3) is 5.91 Å². The van der Waals surface area contributed by atoms with Gasteiger partial charge in [0, 0.05) is 44.9 Å². The van der Waals surface area contributed by atoms with Gasteiger partial charge in [-0.25, -0.2) is 18.6 Å². The van der Waals surface area contributed by atoms with E-state index in [0.29, 0.717) is 39.3 Å². The molecule has 2 saturated heterocycles. The molecule has 0 aliphatic carbocycles. The maximum absolute atomic E-state index is 13.8. The number of H-pyrrole nitrogens is 1. The van der Waals surface area contributed by atoms with Crippen molar-refractivity contribution in [2.45, 2.75) is 52.7 Å². The Kier molecular flexibility index (Phi) is 8.43. The number of halogens is 2. The standard InChI is InChI=1S/C27H37F2N5O5/c1-16(2)13-34(25(36)23-30-21-11-19(28)20(29)12-22(21)31-23)18-10-17(24(35)32-6-8-38-9-7-32)14-33(15-18)26(37)39-27(3,4)5/h11-12,16-18H,6-10,13-15H2,1-5H3,(H,30,31)/t17?,18-/m0/s1. The minimum Gasteiger partial charge on any atom is -0.444 e. The molecule has 12 heteroatoms. The Morgan fingerprint density at radius 3 is 2.44 bits per heavy atom. The van der Waals surface area contributed by atoms with Crippen molar-refractivity contribution in [2.75, 3.05) is 45.9 Å². The summed E-state index contributed by atoms with van der Waals surface area (Å²) >= 11 is 0. The van der Waals surface area contributed by atoms with Crippen molar-refractivity contribution in [3.63, 3.8) is 0 Å². The average molecular weight is 550 g/mol. The first-order valence-electron chi connectivity index (χ1n) is 13.3. The Bertz CT molecular complexity index is 1180. The number of likely N-dealkylation sites (tertiary alicyclic amines) is 1. The van der Waals surface area contributed by atoms with Crippen LogP contribution < -0.4 is 0 Å². The maximum atomic E-state index is 13.8. The van der Waals surface area contributed by atoms with E-state index in [1.54, 1.807) is 30.6 Å². The lowest BCUT2D eigenvalue weighted by Crippen LogP contribution is -2.58. The SMILES string of the molecule is CC(C)CN(C(=O)c1nc2cc(F)c(F)cc2[nH]1)[C@H]1CC(C(=O)N2CCOCC2)CN(C(=O)OC(C)(C)C)C1. The predicted octanol–water partition coefficient (Wildman–Crippen LogP) is 3.42. The summed E-state index contributed by atoms with van der Waals surface area (Å²) in [6.07, 6.45) is -0.212. The number of fused-ring (bicyclic) bond motifs is 1. The number of carbonyl (C=O) groups is 3. The van der Waals surface area contributed by atoms with E-state index < -0.39 is 41.2 Å². The molecule has 0 bridgehead atoms. The molecule has 0 saturated carbocycles. The second-order valence-electron chi connectivity index (χ2n) is 11.6. The molecule has 2 atom stereocenters. The van der Waals surface area contributed by atoms with E-state index in [4.69, 9.17) is 9.47 Å². The Labute approximate surface area is 226 Å². The van der Waals surface area contributed by atoms with Gasteiger partial charge in [0.05, 0.1) is 36.2 Å². The lowest BCUT2D eigenvalue weighted by Gasteiger charge is -2.44. The first-order valence-corrected chi connectivity index (χ1v) is 13.3. The molecule has 1 aromatic heterocycles. The molecule has 0 spiro atoms. The third kappa shape index (κ3) is 6.84. The van der Waals surface area contributed by atoms with Crippen LogP contribution in [0.3, 0.4) is 0 Å². The minimum absolute atomic E-state index is 0.0542. The summed E-state index contributed by atoms with van der Waals surface area (Å²) in [6, 6.07) is 1.38. The van der Waals surface area contributed by atoms with Gasteiger partial charge in [-0.3, -0.25) is 9.59 Å². The fourth-order valence-corrected chi connectivity index (χ4v) is 5.03. The molecular weight excluding hydrogens is 512 g/mol. The first kappa shape index (κ1) is 28.7. The highest BCUT2D eigenvalue weighted by Gasteiger charge is 2.41. The molecule has 0 radical (unpaired) electrons. The van der Waals surface area contributed by atoms with E-state index in [9.17, 15) is 23.2 Å². The van der Waals surface area contributed by atoms with Crippen LogP contribution in [-0.2, 0) is 14.3 Å². The Balaban J connectivity index is 1.65. The number of hydrogen-bond acceptors (Lipinski definition) is 6. The number of imidazole rings is 1. The Morgan fingerprint density at radius 2 is 1.79 bits per heavy atom. The van der Waals surface area contributed by atoms with Gasteiger partial charge >= 0.3 is 6.09 Å². The number of aromatic amines is 1. The predicted molar refractivity (Wildman–Crippen MR) is 139 cm³/mol. The van der Waals surface area contributed by atoms with Gasteiger partial charge in [-0.1, -0.05) is 13.8 Å². The van der Waals surface area contributed by atoms with Crippen molar-refractivity contribution in [1.29, 1.82) is 0 Å². The van der Waals surface area contributed by atoms with Gasteiger partial charge in [-0.2, -0.15) is 0 Å². The van der Waals surface area contributed by atoms with Crippen LogP contribution in [0.1, 0.15) is 51.7 Å². The zero-order chi connectivity index (χ0) is 28.5. The maximum Gasteiger partial charge on any atom is 0.410 e. The molecule has 214 valence electrons. The normalized spacial score (nSPS) is 20.4. The fraction of sp³-hybridized carbons (Fsp3) is 0.630. The van der Waals surface area contributed by atoms with Crippen LogP contribution in [0.5, 0.6) is 0 Å². The summed E-state index contributed by atoms with van der Waals surface area (Å²) < 4.78 is 38.6. The molecule has 1 aromatic carbocycles. The van der Waals surface area contributed by atoms with Crippen molar-refractivity contribution < 1.29 is 32.6 Å². The molecule has 2 fully saturated rings. The lowest BCUT2D eigenvalue weighted by molar-refractivity contribution is -0.142. The molecule has 1 N–H and O–H groups in total. The number of amides is 3. The van der Waals surface area contributed by atoms with Gasteiger partial charge in [0.2, 0.25) is 5.91 Å². The summed E-state index contributed by atoms with van der Waals surface area (Å²) in [6.45, 7) is 11.7. The largest absolute Gasteiger partial charge is 0.444 e. The molecule has 39 heavy (non-hydrogen) atoms. The lowest BCUT2D eigenvalue weighted by atomic mass is 9.91. The topological polar surface area (TPSA) is 108 Å². The molecule has 2 aliphatic heterocycles. The highest BCUT2D eigenvalue weighted by molar-refractivity contribution is 5.94. The van der Waals surface area contributed by atoms with Crippen molar-refractivity contribution in [3.8, 4) is 0 Å². The van der Waals surface area contributed by atoms with Crippen LogP contribution in [0.4, 0.5) is 13.6 Å². The van der Waals surface area contributed by atoms with Gasteiger partial charge in [-0.15, -0.1) is 0 Å². The van der Waals surface area contributed by atoms with E-state index in [0.717, 1.165) is 12.1 Å². The van der Waals surface area contributed by atoms with Gasteiger partial charge in [0.15, 0.2) is 17.5 Å². The highest BCUT2D eigenvalue weighted by Crippen LogP contribution is 2.27. The number of benzene rings is 1. The van der Waals surface area contributed by atoms with Crippen LogP contribution in [0.2, 0.25) is 0 Å². The van der Waals surface area contributed by atoms with E-state index in [2.05, 4.69) is 9.97 Å². The van der Waals surface area contributed by atoms with Crippen molar-refractivity contribution in [3.05, 3.63) is 29.6 Å². The number of aromatic nitrogens is 2. The van der Waals surface area contributed by atoms with Crippen LogP contribution in [-0.4, -0.2) is 100 Å². The van der Waals surface area contributed by atoms with E-state index in [1.165, 1.54) is 4.90 Å². The number of piperidine rings is 1. The van der Waals surface area contributed by atoms with Crippen LogP contribution in [0, 0.1) is 23.5 Å². The number of ether oxygens (including phenoxy) is 2. The number of nitrogens with zero attached hydrogens (tertiary/aromatic N) is 4. The van der Waals surface area contributed by atoms with Crippen LogP contribution >= 0.6 is 0 Å². The van der Waals surface area contributed by atoms with Crippen LogP contribution in [0.25, 0.3) is 11.0 Å². The van der Waals surface area contributed by atoms with Gasteiger partial charge in [-0.05, 0) is 33.1 Å². The second kappa shape index (κ2) is 11.4. The summed E-state index contributed by atoms with van der Waals surface area (Å²) in [7, 11) is 0. The smallest absolute Gasteiger partial charge is 0.410 e. The average Bonchev–Trinajstić information content (AvgIpc) is 3.28. The first-order chi connectivity index (χ1) is 18.3. The molecule has 2 aromatic rings. The highest BCUT2D eigenvalue weighted by atomic mass is 19.2. The van der Waals surface area contributed by atoms with E-state index in [1.807, 2.05) is 13.8 Å². The minimum atomic E-state index is -1.06. The van der Waals surface area contributed by atoms with Crippen molar-refractivity contribution in [2.24, 2.45) is 11.8 Å². The number of nitrogens with one attached hydrogen (secondary N) is 1. The summed E-state index contributed by atoms with van der Waals surface area (Å²) in [4.78, 5) is 52.3. The second-order valence-corrected chi connectivity index (χ2v) is 11.6. The monoisotopic (exact) mass is 549 g/mol. The van der Waals surface area contributed by atoms with E-state index in [-0.39, 0.29) is 41.8 Å². The Hall–Kier alpha value is -3.28. The van der Waals surface area contributed by atoms with Crippen molar-refractivity contribution >= 4 is 28.9 Å². The van der Waals surface area contributed by atoms with Gasteiger partial charge in [0.1, 0.15) is 5.60 Å². The van der Waals surface area contributed by atoms with Gasteiger partial charge < -0.3 is 29.2 Å². The molecule has 10 nitrogen and oxygen atoms in total. The molecule has 4 rings (SSSR count). The molecule has 2 aliphatic rings. The summed E-state index contributed by atoms with van der Waals surface area (Å²) in [5.41, 5.74) is -0.415. The number of hydrogen-bond donors (Lipinski definition) is 1. The van der Waals surface area contributed by atoms with Crippen molar-refractivity contribution in [1.82, 2.24) is 24.7 Å². The summed E-state index contributed by atoms with van der Waals surface area (Å²) in [5, 5.41) is 0. The summed E-state index contributed by atoms with van der Waals surface area (Å²) in [5.74, 6) is -3.24. The Morgan fingerprint density at radius 1 is 1.13 bits per heavy atom. The third-order valence-electron chi connectivity index (χ3n) is 6.74. The molecule has 3 heterocycles. The number of rotatable bonds is 5. The quantitative estimate of drug-likeness (QED) is 0.613. The number of carbonyl (C=O) groups excluding carboxylic acids is 3. The van der Waals surface area contributed by atoms with Crippen LogP contribution in [0.15, 0.2) is 12.1 Å². The molecule has 3 amide bonds. The van der Waals surface area contributed by atoms with E-state index >= 15 is 0 Å². The fourth-order valence-electron chi connectivity index (χ4n) is 5.03. The zero-order valence-electron chi connectivity index (χ0n) is 23.1. The number of morpholine rings is 1. The zero-order valence-corrected chi connectivity index (χ0v) is 23.1.